The van der Waals surface area contributed by atoms with Gasteiger partial charge in [0.05, 0.1) is 6.10 Å². The minimum Gasteiger partial charge on any atom is -0.390 e. The highest BCUT2D eigenvalue weighted by atomic mass is 19.1. The van der Waals surface area contributed by atoms with Gasteiger partial charge in [-0.1, -0.05) is 13.8 Å². The molecule has 4 aliphatic rings. The summed E-state index contributed by atoms with van der Waals surface area (Å²) in [5.41, 5.74) is -0.0958. The third-order valence-corrected chi connectivity index (χ3v) is 8.33. The van der Waals surface area contributed by atoms with Gasteiger partial charge in [0.15, 0.2) is 0 Å². The summed E-state index contributed by atoms with van der Waals surface area (Å²) in [6, 6.07) is 0. The van der Waals surface area contributed by atoms with E-state index in [0.29, 0.717) is 30.0 Å². The molecule has 8 atom stereocenters. The Labute approximate surface area is 132 Å². The maximum Gasteiger partial charge on any atom is 0.136 e. The van der Waals surface area contributed by atoms with E-state index in [2.05, 4.69) is 13.8 Å². The molecule has 3 heteroatoms. The largest absolute Gasteiger partial charge is 0.390 e. The highest BCUT2D eigenvalue weighted by molar-refractivity contribution is 5.82. The SMILES string of the molecule is C[C@]12CC[C@H]3[C@@H](CCC4C(=O)CCC[C@@]43C)[C@@H]1C[C@@H](F)[C@@H]2O. The van der Waals surface area contributed by atoms with Crippen LogP contribution >= 0.6 is 0 Å². The summed E-state index contributed by atoms with van der Waals surface area (Å²) in [6.07, 6.45) is 5.73. The van der Waals surface area contributed by atoms with Gasteiger partial charge in [0, 0.05) is 12.3 Å². The molecule has 0 aromatic heterocycles. The molecule has 1 unspecified atom stereocenters. The molecule has 0 aromatic carbocycles. The second-order valence-electron chi connectivity index (χ2n) is 9.07. The number of carbonyl (C=O) groups is 1. The van der Waals surface area contributed by atoms with Crippen molar-refractivity contribution in [2.75, 3.05) is 0 Å². The Morgan fingerprint density at radius 3 is 2.64 bits per heavy atom. The van der Waals surface area contributed by atoms with Crippen molar-refractivity contribution in [3.63, 3.8) is 0 Å². The molecule has 0 aliphatic heterocycles. The number of ketones is 1. The minimum absolute atomic E-state index is 0.138. The predicted octanol–water partition coefficient (Wildman–Crippen LogP) is 3.91. The lowest BCUT2D eigenvalue weighted by atomic mass is 9.45. The average Bonchev–Trinajstić information content (AvgIpc) is 2.71. The number of aliphatic hydroxyl groups is 1. The van der Waals surface area contributed by atoms with Crippen LogP contribution in [-0.4, -0.2) is 23.2 Å². The smallest absolute Gasteiger partial charge is 0.136 e. The van der Waals surface area contributed by atoms with Crippen LogP contribution in [0.25, 0.3) is 0 Å². The second-order valence-corrected chi connectivity index (χ2v) is 9.07. The molecule has 2 nitrogen and oxygen atoms in total. The Bertz CT molecular complexity index is 492. The van der Waals surface area contributed by atoms with Crippen molar-refractivity contribution < 1.29 is 14.3 Å². The van der Waals surface area contributed by atoms with Crippen molar-refractivity contribution in [3.8, 4) is 0 Å². The van der Waals surface area contributed by atoms with Gasteiger partial charge in [-0.25, -0.2) is 4.39 Å². The van der Waals surface area contributed by atoms with Crippen LogP contribution in [0.5, 0.6) is 0 Å². The monoisotopic (exact) mass is 308 g/mol. The predicted molar refractivity (Wildman–Crippen MR) is 83.0 cm³/mol. The molecule has 0 radical (unpaired) electrons. The van der Waals surface area contributed by atoms with Gasteiger partial charge < -0.3 is 5.11 Å². The minimum atomic E-state index is -1.05. The Morgan fingerprint density at radius 1 is 1.09 bits per heavy atom. The van der Waals surface area contributed by atoms with E-state index in [4.69, 9.17) is 0 Å². The van der Waals surface area contributed by atoms with Gasteiger partial charge in [-0.3, -0.25) is 4.79 Å². The number of hydrogen-bond donors (Lipinski definition) is 1. The molecule has 0 saturated heterocycles. The van der Waals surface area contributed by atoms with Crippen LogP contribution in [0.4, 0.5) is 4.39 Å². The zero-order valence-corrected chi connectivity index (χ0v) is 13.9. The number of fused-ring (bicyclic) bond motifs is 5. The van der Waals surface area contributed by atoms with E-state index in [1.54, 1.807) is 0 Å². The average molecular weight is 308 g/mol. The van der Waals surface area contributed by atoms with Gasteiger partial charge in [0.1, 0.15) is 12.0 Å². The zero-order chi connectivity index (χ0) is 15.7. The third kappa shape index (κ3) is 1.78. The molecule has 1 N–H and O–H groups in total. The highest BCUT2D eigenvalue weighted by Gasteiger charge is 2.62. The maximum atomic E-state index is 14.2. The first kappa shape index (κ1) is 15.1. The summed E-state index contributed by atoms with van der Waals surface area (Å²) in [7, 11) is 0. The molecule has 0 amide bonds. The van der Waals surface area contributed by atoms with Crippen molar-refractivity contribution in [2.45, 2.75) is 77.5 Å². The molecular weight excluding hydrogens is 279 g/mol. The summed E-state index contributed by atoms with van der Waals surface area (Å²) in [5, 5.41) is 10.4. The molecule has 124 valence electrons. The van der Waals surface area contributed by atoms with Gasteiger partial charge in [-0.05, 0) is 73.5 Å². The number of alkyl halides is 1. The zero-order valence-electron chi connectivity index (χ0n) is 13.9. The summed E-state index contributed by atoms with van der Waals surface area (Å²) in [5.74, 6) is 2.12. The Morgan fingerprint density at radius 2 is 1.86 bits per heavy atom. The fourth-order valence-corrected chi connectivity index (χ4v) is 7.11. The Kier molecular flexibility index (Phi) is 3.28. The van der Waals surface area contributed by atoms with Crippen molar-refractivity contribution in [3.05, 3.63) is 0 Å². The lowest BCUT2D eigenvalue weighted by Crippen LogP contribution is -2.55. The fourth-order valence-electron chi connectivity index (χ4n) is 7.11. The van der Waals surface area contributed by atoms with E-state index in [-0.39, 0.29) is 16.7 Å². The van der Waals surface area contributed by atoms with Crippen LogP contribution in [0.15, 0.2) is 0 Å². The summed E-state index contributed by atoms with van der Waals surface area (Å²) >= 11 is 0. The Balaban J connectivity index is 1.67. The van der Waals surface area contributed by atoms with Crippen molar-refractivity contribution in [1.29, 1.82) is 0 Å². The third-order valence-electron chi connectivity index (χ3n) is 8.33. The van der Waals surface area contributed by atoms with Crippen molar-refractivity contribution >= 4 is 5.78 Å². The lowest BCUT2D eigenvalue weighted by Gasteiger charge is -2.59. The van der Waals surface area contributed by atoms with Crippen LogP contribution < -0.4 is 0 Å². The lowest BCUT2D eigenvalue weighted by molar-refractivity contribution is -0.150. The molecule has 4 fully saturated rings. The summed E-state index contributed by atoms with van der Waals surface area (Å²) in [6.45, 7) is 4.45. The van der Waals surface area contributed by atoms with E-state index in [0.717, 1.165) is 44.9 Å². The highest BCUT2D eigenvalue weighted by Crippen LogP contribution is 2.65. The second kappa shape index (κ2) is 4.78. The molecule has 0 aromatic rings. The summed E-state index contributed by atoms with van der Waals surface area (Å²) in [4.78, 5) is 12.4. The Hall–Kier alpha value is -0.440. The first-order valence-corrected chi connectivity index (χ1v) is 9.23. The number of hydrogen-bond acceptors (Lipinski definition) is 2. The van der Waals surface area contributed by atoms with E-state index in [1.807, 2.05) is 0 Å². The van der Waals surface area contributed by atoms with E-state index < -0.39 is 12.3 Å². The van der Waals surface area contributed by atoms with Gasteiger partial charge in [-0.15, -0.1) is 0 Å². The molecule has 0 heterocycles. The van der Waals surface area contributed by atoms with E-state index >= 15 is 0 Å². The molecule has 22 heavy (non-hydrogen) atoms. The number of rotatable bonds is 0. The van der Waals surface area contributed by atoms with Gasteiger partial charge in [0.25, 0.3) is 0 Å². The first-order valence-electron chi connectivity index (χ1n) is 9.23. The van der Waals surface area contributed by atoms with Crippen molar-refractivity contribution in [2.24, 2.45) is 34.5 Å². The van der Waals surface area contributed by atoms with E-state index in [1.165, 1.54) is 0 Å². The number of aliphatic hydroxyl groups excluding tert-OH is 1. The van der Waals surface area contributed by atoms with Gasteiger partial charge in [-0.2, -0.15) is 0 Å². The normalized spacial score (nSPS) is 57.9. The molecule has 4 aliphatic carbocycles. The van der Waals surface area contributed by atoms with Crippen LogP contribution in [0.1, 0.15) is 65.2 Å². The topological polar surface area (TPSA) is 37.3 Å². The number of halogens is 1. The van der Waals surface area contributed by atoms with Crippen molar-refractivity contribution in [1.82, 2.24) is 0 Å². The van der Waals surface area contributed by atoms with Crippen LogP contribution in [0.3, 0.4) is 0 Å². The standard InChI is InChI=1S/C19H29FO2/c1-18-8-3-4-16(21)13(18)6-5-11-12(18)7-9-19(2)14(11)10-15(20)17(19)22/h11-15,17,22H,3-10H2,1-2H3/t11-,12+,13?,14+,15-,17+,18-,19+/m1/s1. The first-order chi connectivity index (χ1) is 10.4. The quantitative estimate of drug-likeness (QED) is 0.737. The summed E-state index contributed by atoms with van der Waals surface area (Å²) < 4.78 is 14.2. The fraction of sp³-hybridized carbons (Fsp3) is 0.947. The van der Waals surface area contributed by atoms with Crippen LogP contribution in [0, 0.1) is 34.5 Å². The van der Waals surface area contributed by atoms with Crippen LogP contribution in [-0.2, 0) is 4.79 Å². The molecule has 4 saturated carbocycles. The molecule has 0 spiro atoms. The molecule has 4 rings (SSSR count). The molecule has 0 bridgehead atoms. The van der Waals surface area contributed by atoms with Crippen LogP contribution in [0.2, 0.25) is 0 Å². The van der Waals surface area contributed by atoms with Gasteiger partial charge >= 0.3 is 0 Å². The van der Waals surface area contributed by atoms with Gasteiger partial charge in [0.2, 0.25) is 0 Å². The molecular formula is C19H29FO2. The van der Waals surface area contributed by atoms with E-state index in [9.17, 15) is 14.3 Å². The maximum absolute atomic E-state index is 14.2. The number of Topliss-reactive ketones (excluding diaryl/α,β-unsaturated/α-hetero) is 1. The number of carbonyl (C=O) groups excluding carboxylic acids is 1.